The third-order valence-corrected chi connectivity index (χ3v) is 2.26. The van der Waals surface area contributed by atoms with Gasteiger partial charge in [-0.2, -0.15) is 0 Å². The first kappa shape index (κ1) is 10.3. The van der Waals surface area contributed by atoms with Crippen LogP contribution < -0.4 is 11.1 Å². The molecule has 5 nitrogen and oxygen atoms in total. The summed E-state index contributed by atoms with van der Waals surface area (Å²) in [5.74, 6) is 0.201. The lowest BCUT2D eigenvalue weighted by Crippen LogP contribution is -2.51. The number of nitrogens with one attached hydrogen (secondary N) is 1. The molecule has 0 aromatic heterocycles. The molecule has 1 aliphatic rings. The molecule has 0 amide bonds. The Morgan fingerprint density at radius 2 is 2.54 bits per heavy atom. The molecule has 4 N–H and O–H groups in total. The van der Waals surface area contributed by atoms with Crippen LogP contribution in [0.4, 0.5) is 0 Å². The van der Waals surface area contributed by atoms with Gasteiger partial charge in [-0.15, -0.1) is 0 Å². The van der Waals surface area contributed by atoms with Crippen molar-refractivity contribution in [1.29, 1.82) is 0 Å². The van der Waals surface area contributed by atoms with Crippen LogP contribution in [0.25, 0.3) is 0 Å². The molecule has 0 saturated carbocycles. The third kappa shape index (κ3) is 3.20. The molecule has 1 heterocycles. The smallest absolute Gasteiger partial charge is 0.153 e. The van der Waals surface area contributed by atoms with E-state index >= 15 is 0 Å². The number of nitrogens with zero attached hydrogens (tertiary/aromatic N) is 1. The van der Waals surface area contributed by atoms with Crippen molar-refractivity contribution in [3.63, 3.8) is 0 Å². The highest BCUT2D eigenvalue weighted by Gasteiger charge is 2.26. The molecular formula is C8H17N3O2. The van der Waals surface area contributed by atoms with Crippen LogP contribution in [0.15, 0.2) is 5.16 Å². The van der Waals surface area contributed by atoms with Gasteiger partial charge in [-0.1, -0.05) is 5.16 Å². The van der Waals surface area contributed by atoms with E-state index in [1.165, 1.54) is 0 Å². The van der Waals surface area contributed by atoms with Crippen molar-refractivity contribution in [2.75, 3.05) is 19.8 Å². The molecule has 0 aromatic rings. The van der Waals surface area contributed by atoms with Crippen molar-refractivity contribution in [1.82, 2.24) is 5.32 Å². The van der Waals surface area contributed by atoms with Crippen LogP contribution in [-0.2, 0) is 4.74 Å². The summed E-state index contributed by atoms with van der Waals surface area (Å²) in [6.07, 6.45) is 2.12. The standard InChI is InChI=1S/C8H17N3O2/c1-8(3-2-4-13-6-8)10-5-7(9)11-12/h10,12H,2-6H2,1H3,(H2,9,11). The Kier molecular flexibility index (Phi) is 3.50. The summed E-state index contributed by atoms with van der Waals surface area (Å²) in [6, 6.07) is 0. The lowest BCUT2D eigenvalue weighted by atomic mass is 9.95. The zero-order valence-electron chi connectivity index (χ0n) is 7.92. The number of hydrogen-bond acceptors (Lipinski definition) is 4. The Bertz CT molecular complexity index is 188. The van der Waals surface area contributed by atoms with E-state index in [9.17, 15) is 0 Å². The van der Waals surface area contributed by atoms with Crippen LogP contribution in [0.5, 0.6) is 0 Å². The summed E-state index contributed by atoms with van der Waals surface area (Å²) < 4.78 is 5.35. The lowest BCUT2D eigenvalue weighted by Gasteiger charge is -2.34. The van der Waals surface area contributed by atoms with Crippen LogP contribution in [0.1, 0.15) is 19.8 Å². The van der Waals surface area contributed by atoms with E-state index in [2.05, 4.69) is 17.4 Å². The zero-order valence-corrected chi connectivity index (χ0v) is 7.92. The monoisotopic (exact) mass is 187 g/mol. The van der Waals surface area contributed by atoms with Crippen molar-refractivity contribution in [2.24, 2.45) is 10.9 Å². The molecule has 1 atom stereocenters. The minimum atomic E-state index is -0.0342. The second-order valence-electron chi connectivity index (χ2n) is 3.66. The Morgan fingerprint density at radius 3 is 3.08 bits per heavy atom. The number of nitrogens with two attached hydrogens (primary N) is 1. The summed E-state index contributed by atoms with van der Waals surface area (Å²) in [5.41, 5.74) is 5.31. The fourth-order valence-electron chi connectivity index (χ4n) is 1.41. The van der Waals surface area contributed by atoms with Crippen molar-refractivity contribution < 1.29 is 9.94 Å². The molecule has 1 fully saturated rings. The van der Waals surface area contributed by atoms with Crippen LogP contribution in [-0.4, -0.2) is 36.3 Å². The molecule has 0 radical (unpaired) electrons. The van der Waals surface area contributed by atoms with Gasteiger partial charge < -0.3 is 21.0 Å². The normalized spacial score (nSPS) is 30.4. The predicted octanol–water partition coefficient (Wildman–Crippen LogP) is -0.108. The maximum Gasteiger partial charge on any atom is 0.153 e. The number of oxime groups is 1. The quantitative estimate of drug-likeness (QED) is 0.249. The van der Waals surface area contributed by atoms with Crippen molar-refractivity contribution in [3.05, 3.63) is 0 Å². The van der Waals surface area contributed by atoms with E-state index in [0.29, 0.717) is 13.2 Å². The molecule has 0 spiro atoms. The van der Waals surface area contributed by atoms with E-state index in [1.54, 1.807) is 0 Å². The fraction of sp³-hybridized carbons (Fsp3) is 0.875. The molecule has 13 heavy (non-hydrogen) atoms. The summed E-state index contributed by atoms with van der Waals surface area (Å²) in [4.78, 5) is 0. The fourth-order valence-corrected chi connectivity index (χ4v) is 1.41. The molecule has 0 aliphatic carbocycles. The van der Waals surface area contributed by atoms with Crippen LogP contribution >= 0.6 is 0 Å². The SMILES string of the molecule is CC1(NCC(N)=NO)CCCOC1. The predicted molar refractivity (Wildman–Crippen MR) is 49.9 cm³/mol. The maximum atomic E-state index is 8.34. The zero-order chi connectivity index (χ0) is 9.73. The van der Waals surface area contributed by atoms with Gasteiger partial charge in [0, 0.05) is 12.1 Å². The molecule has 0 bridgehead atoms. The summed E-state index contributed by atoms with van der Waals surface area (Å²) >= 11 is 0. The average Bonchev–Trinajstić information content (AvgIpc) is 2.15. The number of rotatable bonds is 3. The molecule has 76 valence electrons. The van der Waals surface area contributed by atoms with Crippen molar-refractivity contribution in [2.45, 2.75) is 25.3 Å². The molecule has 5 heteroatoms. The highest BCUT2D eigenvalue weighted by molar-refractivity contribution is 5.81. The van der Waals surface area contributed by atoms with Crippen molar-refractivity contribution in [3.8, 4) is 0 Å². The Labute approximate surface area is 77.9 Å². The van der Waals surface area contributed by atoms with Gasteiger partial charge in [-0.05, 0) is 19.8 Å². The second kappa shape index (κ2) is 4.43. The van der Waals surface area contributed by atoms with E-state index in [4.69, 9.17) is 15.7 Å². The highest BCUT2D eigenvalue weighted by atomic mass is 16.5. The third-order valence-electron chi connectivity index (χ3n) is 2.26. The number of hydrogen-bond donors (Lipinski definition) is 3. The summed E-state index contributed by atoms with van der Waals surface area (Å²) in [6.45, 7) is 4.00. The van der Waals surface area contributed by atoms with Gasteiger partial charge in [0.2, 0.25) is 0 Å². The average molecular weight is 187 g/mol. The summed E-state index contributed by atoms with van der Waals surface area (Å²) in [5, 5.41) is 14.4. The second-order valence-corrected chi connectivity index (χ2v) is 3.66. The molecule has 1 saturated heterocycles. The molecular weight excluding hydrogens is 170 g/mol. The minimum absolute atomic E-state index is 0.0342. The van der Waals surface area contributed by atoms with Crippen LogP contribution in [0.2, 0.25) is 0 Å². The largest absolute Gasteiger partial charge is 0.409 e. The van der Waals surface area contributed by atoms with Crippen molar-refractivity contribution >= 4 is 5.84 Å². The Balaban J connectivity index is 2.33. The first-order valence-electron chi connectivity index (χ1n) is 4.45. The van der Waals surface area contributed by atoms with Gasteiger partial charge in [0.25, 0.3) is 0 Å². The van der Waals surface area contributed by atoms with E-state index in [0.717, 1.165) is 19.4 Å². The van der Waals surface area contributed by atoms with Gasteiger partial charge in [0.05, 0.1) is 13.2 Å². The molecule has 0 aromatic carbocycles. The lowest BCUT2D eigenvalue weighted by molar-refractivity contribution is 0.0306. The molecule has 1 aliphatic heterocycles. The first-order valence-corrected chi connectivity index (χ1v) is 4.45. The number of ether oxygens (including phenoxy) is 1. The van der Waals surface area contributed by atoms with Gasteiger partial charge in [-0.25, -0.2) is 0 Å². The van der Waals surface area contributed by atoms with E-state index < -0.39 is 0 Å². The van der Waals surface area contributed by atoms with Crippen LogP contribution in [0, 0.1) is 0 Å². The Morgan fingerprint density at radius 1 is 1.77 bits per heavy atom. The summed E-state index contributed by atoms with van der Waals surface area (Å²) in [7, 11) is 0. The first-order chi connectivity index (χ1) is 6.16. The van der Waals surface area contributed by atoms with Gasteiger partial charge in [-0.3, -0.25) is 0 Å². The maximum absolute atomic E-state index is 8.34. The van der Waals surface area contributed by atoms with Gasteiger partial charge in [0.1, 0.15) is 0 Å². The minimum Gasteiger partial charge on any atom is -0.409 e. The van der Waals surface area contributed by atoms with Crippen LogP contribution in [0.3, 0.4) is 0 Å². The van der Waals surface area contributed by atoms with Gasteiger partial charge >= 0.3 is 0 Å². The van der Waals surface area contributed by atoms with E-state index in [-0.39, 0.29) is 11.4 Å². The topological polar surface area (TPSA) is 79.9 Å². The Hall–Kier alpha value is -0.810. The number of amidine groups is 1. The highest BCUT2D eigenvalue weighted by Crippen LogP contribution is 2.17. The van der Waals surface area contributed by atoms with E-state index in [1.807, 2.05) is 0 Å². The molecule has 1 rings (SSSR count). The van der Waals surface area contributed by atoms with Gasteiger partial charge in [0.15, 0.2) is 5.84 Å². The molecule has 1 unspecified atom stereocenters.